The molecule has 3 aromatic rings. The average molecular weight is 605 g/mol. The summed E-state index contributed by atoms with van der Waals surface area (Å²) < 4.78 is 19.7. The molecule has 0 N–H and O–H groups in total. The van der Waals surface area contributed by atoms with Gasteiger partial charge in [0.05, 0.1) is 29.3 Å². The molecule has 0 unspecified atom stereocenters. The molecule has 0 radical (unpaired) electrons. The van der Waals surface area contributed by atoms with Crippen LogP contribution in [0.2, 0.25) is 56.5 Å². The van der Waals surface area contributed by atoms with Gasteiger partial charge in [-0.05, 0) is 36.4 Å². The number of nitrogens with zero attached hydrogens (tertiary/aromatic N) is 4. The zero-order valence-electron chi connectivity index (χ0n) is 23.1. The first kappa shape index (κ1) is 33.2. The molecule has 0 amide bonds. The van der Waals surface area contributed by atoms with Gasteiger partial charge in [-0.1, -0.05) is 50.9 Å². The Labute approximate surface area is 260 Å². The summed E-state index contributed by atoms with van der Waals surface area (Å²) in [5.41, 5.74) is 1.53. The number of benzene rings is 1. The Bertz CT molecular complexity index is 1320. The van der Waals surface area contributed by atoms with E-state index in [0.717, 1.165) is 17.6 Å². The number of carbonyl (C=O) groups excluding carboxylic acids is 1. The van der Waals surface area contributed by atoms with Crippen molar-refractivity contribution in [3.8, 4) is 11.4 Å². The summed E-state index contributed by atoms with van der Waals surface area (Å²) in [5, 5.41) is 4.31. The molecule has 0 aliphatic heterocycles. The minimum Gasteiger partial charge on any atom is -0.465 e. The molecule has 1 aromatic carbocycles. The van der Waals surface area contributed by atoms with Crippen LogP contribution >= 0.6 is 11.6 Å². The van der Waals surface area contributed by atoms with E-state index in [1.54, 1.807) is 18.2 Å². The predicted octanol–water partition coefficient (Wildman–Crippen LogP) is 5.32. The van der Waals surface area contributed by atoms with Crippen LogP contribution in [-0.4, -0.2) is 61.8 Å². The molecule has 0 spiro atoms. The zero-order chi connectivity index (χ0) is 27.4. The molecule has 2 aromatic heterocycles. The van der Waals surface area contributed by atoms with Gasteiger partial charge in [-0.15, -0.1) is 0 Å². The van der Waals surface area contributed by atoms with Crippen molar-refractivity contribution in [2.24, 2.45) is 0 Å². The van der Waals surface area contributed by atoms with Gasteiger partial charge >= 0.3 is 5.97 Å². The Hall–Kier alpha value is -1.06. The van der Waals surface area contributed by atoms with Gasteiger partial charge in [-0.2, -0.15) is 5.10 Å². The second-order valence-corrected chi connectivity index (χ2v) is 23.1. The van der Waals surface area contributed by atoms with Crippen LogP contribution in [-0.2, 0) is 27.7 Å². The summed E-state index contributed by atoms with van der Waals surface area (Å²) in [6.45, 7) is 15.0. The van der Waals surface area contributed by atoms with E-state index in [1.807, 2.05) is 4.57 Å². The molecule has 0 atom stereocenters. The summed E-state index contributed by atoms with van der Waals surface area (Å²) in [7, 11) is -1.22. The summed E-state index contributed by atoms with van der Waals surface area (Å²) in [6, 6.07) is 8.57. The van der Waals surface area contributed by atoms with Crippen molar-refractivity contribution >= 4 is 44.8 Å². The number of hydrogen-bond acceptors (Lipinski definition) is 7. The Balaban J connectivity index is 0.00000507. The van der Waals surface area contributed by atoms with E-state index in [4.69, 9.17) is 30.8 Å². The largest absolute Gasteiger partial charge is 0.465 e. The van der Waals surface area contributed by atoms with Gasteiger partial charge in [0.2, 0.25) is 0 Å². The van der Waals surface area contributed by atoms with Crippen LogP contribution in [0.25, 0.3) is 22.4 Å². The molecule has 3 rings (SSSR count). The average Bonchev–Trinajstić information content (AvgIpc) is 3.17. The van der Waals surface area contributed by atoms with Crippen LogP contribution < -0.4 is 5.56 Å². The molecule has 0 aliphatic carbocycles. The minimum absolute atomic E-state index is 0. The number of imidazole rings is 1. The van der Waals surface area contributed by atoms with E-state index in [9.17, 15) is 9.59 Å². The number of rotatable bonds is 12. The fourth-order valence-corrected chi connectivity index (χ4v) is 5.25. The van der Waals surface area contributed by atoms with Crippen LogP contribution in [0, 0.1) is 37.7 Å². The normalized spacial score (nSPS) is 12.0. The number of methoxy groups -OCH3 is 1. The Kier molecular flexibility index (Phi) is 12.2. The number of carbonyl (C=O) groups is 1. The van der Waals surface area contributed by atoms with Crippen molar-refractivity contribution in [2.75, 3.05) is 20.3 Å². The maximum atomic E-state index is 13.4. The van der Waals surface area contributed by atoms with E-state index in [-0.39, 0.29) is 67.5 Å². The first-order valence-corrected chi connectivity index (χ1v) is 20.1. The van der Waals surface area contributed by atoms with Gasteiger partial charge in [0.25, 0.3) is 5.56 Å². The van der Waals surface area contributed by atoms with Crippen molar-refractivity contribution in [1.82, 2.24) is 19.3 Å². The fraction of sp³-hybridized carbons (Fsp3) is 0.520. The molecule has 0 saturated heterocycles. The summed E-state index contributed by atoms with van der Waals surface area (Å²) in [6.07, 6.45) is 0. The van der Waals surface area contributed by atoms with E-state index < -0.39 is 22.1 Å². The number of esters is 1. The zero-order valence-corrected chi connectivity index (χ0v) is 26.6. The van der Waals surface area contributed by atoms with E-state index in [2.05, 4.69) is 44.4 Å². The summed E-state index contributed by atoms with van der Waals surface area (Å²) >= 11 is 6.33. The SMILES string of the molecule is COC(=O)c1ccc2c(c1)nc(-c1cc(Cl)nn(COCC[Si](C)(C)C)c1=O)n2COCC[Si](C)(C)C.[Ar]. The van der Waals surface area contributed by atoms with E-state index >= 15 is 0 Å². The Morgan fingerprint density at radius 1 is 0.974 bits per heavy atom. The monoisotopic (exact) mass is 604 g/mol. The molecule has 38 heavy (non-hydrogen) atoms. The van der Waals surface area contributed by atoms with Crippen molar-refractivity contribution in [1.29, 1.82) is 0 Å². The quantitative estimate of drug-likeness (QED) is 0.157. The van der Waals surface area contributed by atoms with Gasteiger partial charge in [0.15, 0.2) is 5.15 Å². The van der Waals surface area contributed by atoms with Gasteiger partial charge in [-0.25, -0.2) is 14.5 Å². The maximum Gasteiger partial charge on any atom is 0.337 e. The third kappa shape index (κ3) is 9.26. The standard InChI is InChI=1S/C25H37ClN4O5Si2.Ar/c1-33-25(32)18-8-9-21-20(14-18)27-23(29(21)16-34-10-12-36(2,3)4)19-15-22(26)28-30(24(19)31)17-35-11-13-37(5,6)7;/h8-9,14-15H,10-13,16-17H2,1-7H3;. The maximum absolute atomic E-state index is 13.4. The molecular weight excluding hydrogens is 568 g/mol. The van der Waals surface area contributed by atoms with Crippen molar-refractivity contribution in [2.45, 2.75) is 64.8 Å². The Morgan fingerprint density at radius 3 is 2.16 bits per heavy atom. The smallest absolute Gasteiger partial charge is 0.337 e. The van der Waals surface area contributed by atoms with Crippen molar-refractivity contribution in [3.05, 3.63) is 45.3 Å². The van der Waals surface area contributed by atoms with Gasteiger partial charge in [0.1, 0.15) is 19.3 Å². The minimum atomic E-state index is -1.28. The van der Waals surface area contributed by atoms with Crippen LogP contribution in [0.4, 0.5) is 0 Å². The van der Waals surface area contributed by atoms with E-state index in [1.165, 1.54) is 17.9 Å². The number of halogens is 1. The van der Waals surface area contributed by atoms with Crippen molar-refractivity contribution in [3.63, 3.8) is 0 Å². The number of fused-ring (bicyclic) bond motifs is 1. The Morgan fingerprint density at radius 2 is 1.58 bits per heavy atom. The van der Waals surface area contributed by atoms with Crippen LogP contribution in [0.5, 0.6) is 0 Å². The molecule has 0 fully saturated rings. The third-order valence-corrected chi connectivity index (χ3v) is 9.37. The first-order chi connectivity index (χ1) is 17.3. The first-order valence-electron chi connectivity index (χ1n) is 12.3. The summed E-state index contributed by atoms with van der Waals surface area (Å²) in [5.74, 6) is -0.0793. The molecule has 9 nitrogen and oxygen atoms in total. The number of hydrogen-bond donors (Lipinski definition) is 0. The van der Waals surface area contributed by atoms with Crippen molar-refractivity contribution < 1.29 is 56.7 Å². The molecule has 2 heterocycles. The van der Waals surface area contributed by atoms with Crippen LogP contribution in [0.15, 0.2) is 29.1 Å². The predicted molar refractivity (Wildman–Crippen MR) is 152 cm³/mol. The van der Waals surface area contributed by atoms with Gasteiger partial charge in [0, 0.05) is 67.1 Å². The van der Waals surface area contributed by atoms with Crippen LogP contribution in [0.1, 0.15) is 10.4 Å². The molecule has 0 aliphatic rings. The topological polar surface area (TPSA) is 97.5 Å². The molecule has 0 bridgehead atoms. The third-order valence-electron chi connectivity index (χ3n) is 5.78. The summed E-state index contributed by atoms with van der Waals surface area (Å²) in [4.78, 5) is 30.2. The second kappa shape index (κ2) is 14.0. The van der Waals surface area contributed by atoms with Crippen LogP contribution in [0.3, 0.4) is 0 Å². The molecule has 210 valence electrons. The molecular formula is C25H37ArClN4O5Si2. The van der Waals surface area contributed by atoms with E-state index in [0.29, 0.717) is 30.1 Å². The van der Waals surface area contributed by atoms with Gasteiger partial charge < -0.3 is 14.2 Å². The second-order valence-electron chi connectivity index (χ2n) is 11.4. The molecule has 0 saturated carbocycles. The number of aromatic nitrogens is 4. The van der Waals surface area contributed by atoms with Gasteiger partial charge in [-0.3, -0.25) is 9.36 Å². The number of ether oxygens (including phenoxy) is 3. The fourth-order valence-electron chi connectivity index (χ4n) is 3.53. The molecule has 13 heteroatoms.